The number of hydrogen-bond donors (Lipinski definition) is 1. The minimum Gasteiger partial charge on any atom is -0.306 e. The lowest BCUT2D eigenvalue weighted by molar-refractivity contribution is 0.546. The van der Waals surface area contributed by atoms with Crippen molar-refractivity contribution in [1.82, 2.24) is 5.32 Å². The monoisotopic (exact) mass is 369 g/mol. The number of nitrogens with one attached hydrogen (secondary N) is 1. The second-order valence-electron chi connectivity index (χ2n) is 5.07. The highest BCUT2D eigenvalue weighted by Gasteiger charge is 2.20. The maximum atomic E-state index is 14.5. The molecule has 4 heteroatoms. The molecule has 0 aliphatic carbocycles. The number of hydrogen-bond acceptors (Lipinski definition) is 1. The summed E-state index contributed by atoms with van der Waals surface area (Å²) < 4.78 is 15.1. The van der Waals surface area contributed by atoms with Crippen LogP contribution in [-0.4, -0.2) is 6.54 Å². The zero-order chi connectivity index (χ0) is 15.4. The molecule has 0 amide bonds. The molecule has 0 spiro atoms. The smallest absolute Gasteiger partial charge is 0.148 e. The van der Waals surface area contributed by atoms with Crippen LogP contribution in [0.5, 0.6) is 0 Å². The van der Waals surface area contributed by atoms with Crippen LogP contribution in [0.15, 0.2) is 40.9 Å². The fourth-order valence-corrected chi connectivity index (χ4v) is 2.79. The van der Waals surface area contributed by atoms with E-state index in [2.05, 4.69) is 34.2 Å². The Hall–Kier alpha value is -0.900. The molecule has 0 aliphatic heterocycles. The molecule has 2 rings (SSSR count). The Morgan fingerprint density at radius 1 is 1.29 bits per heavy atom. The Kier molecular flexibility index (Phi) is 5.80. The van der Waals surface area contributed by atoms with E-state index in [0.717, 1.165) is 24.1 Å². The third-order valence-corrected chi connectivity index (χ3v) is 4.61. The number of benzene rings is 2. The van der Waals surface area contributed by atoms with Gasteiger partial charge in [-0.05, 0) is 47.4 Å². The van der Waals surface area contributed by atoms with Gasteiger partial charge in [0.1, 0.15) is 5.82 Å². The van der Waals surface area contributed by atoms with Crippen LogP contribution in [-0.2, 0) is 0 Å². The molecule has 0 aliphatic rings. The molecular formula is C17H18BrClFN. The zero-order valence-corrected chi connectivity index (χ0v) is 14.4. The van der Waals surface area contributed by atoms with Gasteiger partial charge in [0.25, 0.3) is 0 Å². The van der Waals surface area contributed by atoms with Gasteiger partial charge in [0.2, 0.25) is 0 Å². The Bertz CT molecular complexity index is 630. The second kappa shape index (κ2) is 7.39. The quantitative estimate of drug-likeness (QED) is 0.672. The molecule has 0 fully saturated rings. The van der Waals surface area contributed by atoms with Crippen molar-refractivity contribution in [2.24, 2.45) is 0 Å². The van der Waals surface area contributed by atoms with Crippen molar-refractivity contribution >= 4 is 27.5 Å². The molecule has 1 atom stereocenters. The van der Waals surface area contributed by atoms with Crippen molar-refractivity contribution in [2.75, 3.05) is 6.54 Å². The summed E-state index contributed by atoms with van der Waals surface area (Å²) in [5, 5.41) is 3.53. The molecule has 0 saturated heterocycles. The van der Waals surface area contributed by atoms with E-state index >= 15 is 0 Å². The van der Waals surface area contributed by atoms with Crippen LogP contribution in [0.3, 0.4) is 0 Å². The molecular weight excluding hydrogens is 353 g/mol. The third-order valence-electron chi connectivity index (χ3n) is 3.35. The Morgan fingerprint density at radius 3 is 2.71 bits per heavy atom. The summed E-state index contributed by atoms with van der Waals surface area (Å²) in [4.78, 5) is 0. The fraction of sp³-hybridized carbons (Fsp3) is 0.294. The van der Waals surface area contributed by atoms with Crippen molar-refractivity contribution in [3.05, 3.63) is 68.4 Å². The average Bonchev–Trinajstić information content (AvgIpc) is 2.47. The van der Waals surface area contributed by atoms with E-state index in [1.807, 2.05) is 25.1 Å². The highest BCUT2D eigenvalue weighted by atomic mass is 79.9. The van der Waals surface area contributed by atoms with Crippen molar-refractivity contribution in [1.29, 1.82) is 0 Å². The summed E-state index contributed by atoms with van der Waals surface area (Å²) in [6.07, 6.45) is 0.980. The Balaban J connectivity index is 2.48. The summed E-state index contributed by atoms with van der Waals surface area (Å²) in [6, 6.07) is 11.5. The first-order valence-electron chi connectivity index (χ1n) is 6.98. The van der Waals surface area contributed by atoms with Gasteiger partial charge in [-0.25, -0.2) is 4.39 Å². The van der Waals surface area contributed by atoms with E-state index in [4.69, 9.17) is 11.6 Å². The van der Waals surface area contributed by atoms with Crippen molar-refractivity contribution in [3.8, 4) is 0 Å². The van der Waals surface area contributed by atoms with Crippen molar-refractivity contribution in [2.45, 2.75) is 26.3 Å². The van der Waals surface area contributed by atoms with Gasteiger partial charge in [-0.2, -0.15) is 0 Å². The minimum atomic E-state index is -0.374. The Morgan fingerprint density at radius 2 is 2.05 bits per heavy atom. The zero-order valence-electron chi connectivity index (χ0n) is 12.1. The van der Waals surface area contributed by atoms with Gasteiger partial charge in [-0.3, -0.25) is 0 Å². The predicted molar refractivity (Wildman–Crippen MR) is 90.4 cm³/mol. The van der Waals surface area contributed by atoms with Crippen LogP contribution in [0.4, 0.5) is 4.39 Å². The lowest BCUT2D eigenvalue weighted by atomic mass is 9.96. The maximum absolute atomic E-state index is 14.5. The van der Waals surface area contributed by atoms with Gasteiger partial charge in [0, 0.05) is 10.0 Å². The first kappa shape index (κ1) is 16.5. The van der Waals surface area contributed by atoms with Gasteiger partial charge < -0.3 is 5.32 Å². The van der Waals surface area contributed by atoms with Gasteiger partial charge in [-0.1, -0.05) is 54.4 Å². The Labute approximate surface area is 138 Å². The van der Waals surface area contributed by atoms with E-state index < -0.39 is 0 Å². The standard InChI is InChI=1S/C17H18BrClFN/c1-3-9-21-17(12-6-4-5-11(2)10-12)13-7-8-14(18)15(19)16(13)20/h4-8,10,17,21H,3,9H2,1-2H3. The molecule has 1 nitrogen and oxygen atoms in total. The minimum absolute atomic E-state index is 0.128. The van der Waals surface area contributed by atoms with Gasteiger partial charge >= 0.3 is 0 Å². The highest BCUT2D eigenvalue weighted by molar-refractivity contribution is 9.10. The average molecular weight is 371 g/mol. The fourth-order valence-electron chi connectivity index (χ4n) is 2.31. The van der Waals surface area contributed by atoms with Crippen LogP contribution in [0, 0.1) is 12.7 Å². The molecule has 0 radical (unpaired) electrons. The largest absolute Gasteiger partial charge is 0.306 e. The predicted octanol–water partition coefficient (Wildman–Crippen LogP) is 5.64. The molecule has 112 valence electrons. The number of halogens is 3. The topological polar surface area (TPSA) is 12.0 Å². The maximum Gasteiger partial charge on any atom is 0.148 e. The number of aryl methyl sites for hydroxylation is 1. The van der Waals surface area contributed by atoms with Crippen molar-refractivity contribution < 1.29 is 4.39 Å². The second-order valence-corrected chi connectivity index (χ2v) is 6.30. The third kappa shape index (κ3) is 3.85. The molecule has 0 heterocycles. The van der Waals surface area contributed by atoms with Crippen molar-refractivity contribution in [3.63, 3.8) is 0 Å². The van der Waals surface area contributed by atoms with Crippen LogP contribution in [0.1, 0.15) is 36.1 Å². The van der Waals surface area contributed by atoms with Crippen LogP contribution in [0.2, 0.25) is 5.02 Å². The summed E-state index contributed by atoms with van der Waals surface area (Å²) >= 11 is 9.29. The summed E-state index contributed by atoms with van der Waals surface area (Å²) in [5.41, 5.74) is 2.77. The number of rotatable bonds is 5. The SMILES string of the molecule is CCCNC(c1cccc(C)c1)c1ccc(Br)c(Cl)c1F. The van der Waals surface area contributed by atoms with E-state index in [0.29, 0.717) is 10.0 Å². The highest BCUT2D eigenvalue weighted by Crippen LogP contribution is 2.33. The molecule has 1 N–H and O–H groups in total. The van der Waals surface area contributed by atoms with Gasteiger partial charge in [0.15, 0.2) is 0 Å². The molecule has 2 aromatic rings. The summed E-state index contributed by atoms with van der Waals surface area (Å²) in [5.74, 6) is -0.374. The normalized spacial score (nSPS) is 12.4. The molecule has 0 aromatic heterocycles. The summed E-state index contributed by atoms with van der Waals surface area (Å²) in [7, 11) is 0. The van der Waals surface area contributed by atoms with Gasteiger partial charge in [-0.15, -0.1) is 0 Å². The van der Waals surface area contributed by atoms with Crippen LogP contribution in [0.25, 0.3) is 0 Å². The molecule has 21 heavy (non-hydrogen) atoms. The van der Waals surface area contributed by atoms with E-state index in [-0.39, 0.29) is 16.9 Å². The van der Waals surface area contributed by atoms with E-state index in [1.54, 1.807) is 12.1 Å². The summed E-state index contributed by atoms with van der Waals surface area (Å²) in [6.45, 7) is 4.93. The van der Waals surface area contributed by atoms with E-state index in [1.165, 1.54) is 0 Å². The molecule has 0 bridgehead atoms. The van der Waals surface area contributed by atoms with Crippen LogP contribution >= 0.6 is 27.5 Å². The lowest BCUT2D eigenvalue weighted by Gasteiger charge is -2.21. The van der Waals surface area contributed by atoms with E-state index in [9.17, 15) is 4.39 Å². The van der Waals surface area contributed by atoms with Gasteiger partial charge in [0.05, 0.1) is 11.1 Å². The first-order chi connectivity index (χ1) is 10.0. The first-order valence-corrected chi connectivity index (χ1v) is 8.15. The lowest BCUT2D eigenvalue weighted by Crippen LogP contribution is -2.24. The molecule has 1 unspecified atom stereocenters. The van der Waals surface area contributed by atoms with Crippen LogP contribution < -0.4 is 5.32 Å². The molecule has 0 saturated carbocycles. The molecule has 2 aromatic carbocycles.